The molecule has 0 spiro atoms. The van der Waals surface area contributed by atoms with Crippen molar-refractivity contribution in [3.05, 3.63) is 35.9 Å². The smallest absolute Gasteiger partial charge is 0.169 e. The van der Waals surface area contributed by atoms with Crippen molar-refractivity contribution in [2.24, 2.45) is 0 Å². The molecular formula is C14H16N2O. The van der Waals surface area contributed by atoms with Gasteiger partial charge in [0, 0.05) is 11.6 Å². The van der Waals surface area contributed by atoms with Crippen LogP contribution in [0, 0.1) is 0 Å². The second-order valence-electron chi connectivity index (χ2n) is 4.72. The molecule has 1 saturated carbocycles. The van der Waals surface area contributed by atoms with Gasteiger partial charge in [-0.05, 0) is 24.3 Å². The van der Waals surface area contributed by atoms with Gasteiger partial charge in [-0.1, -0.05) is 42.3 Å². The Hall–Kier alpha value is -1.77. The molecule has 0 radical (unpaired) electrons. The number of anilines is 1. The van der Waals surface area contributed by atoms with E-state index in [4.69, 9.17) is 10.3 Å². The van der Waals surface area contributed by atoms with E-state index in [0.29, 0.717) is 5.82 Å². The molecule has 1 fully saturated rings. The van der Waals surface area contributed by atoms with Crippen molar-refractivity contribution in [3.8, 4) is 11.3 Å². The number of hydrogen-bond acceptors (Lipinski definition) is 3. The van der Waals surface area contributed by atoms with Crippen LogP contribution in [0.1, 0.15) is 37.2 Å². The molecule has 1 aliphatic carbocycles. The Balaban J connectivity index is 1.84. The van der Waals surface area contributed by atoms with E-state index >= 15 is 0 Å². The molecule has 1 heterocycles. The highest BCUT2D eigenvalue weighted by molar-refractivity contribution is 5.60. The lowest BCUT2D eigenvalue weighted by Crippen LogP contribution is -1.91. The molecular weight excluding hydrogens is 212 g/mol. The Bertz CT molecular complexity index is 495. The van der Waals surface area contributed by atoms with Gasteiger partial charge in [0.25, 0.3) is 0 Å². The van der Waals surface area contributed by atoms with Gasteiger partial charge in [-0.3, -0.25) is 0 Å². The zero-order chi connectivity index (χ0) is 11.7. The monoisotopic (exact) mass is 228 g/mol. The molecule has 0 unspecified atom stereocenters. The summed E-state index contributed by atoms with van der Waals surface area (Å²) in [5, 5.41) is 3.70. The van der Waals surface area contributed by atoms with Crippen molar-refractivity contribution in [1.82, 2.24) is 5.16 Å². The maximum absolute atomic E-state index is 5.54. The van der Waals surface area contributed by atoms with E-state index in [1.165, 1.54) is 31.2 Å². The number of hydrogen-bond donors (Lipinski definition) is 1. The van der Waals surface area contributed by atoms with E-state index in [1.807, 2.05) is 0 Å². The number of rotatable bonds is 2. The first kappa shape index (κ1) is 10.4. The summed E-state index contributed by atoms with van der Waals surface area (Å²) in [5.74, 6) is 1.92. The molecule has 3 nitrogen and oxygen atoms in total. The number of benzene rings is 1. The van der Waals surface area contributed by atoms with E-state index in [1.54, 1.807) is 6.07 Å². The predicted molar refractivity (Wildman–Crippen MR) is 67.6 cm³/mol. The maximum Gasteiger partial charge on any atom is 0.169 e. The van der Waals surface area contributed by atoms with Crippen molar-refractivity contribution in [2.45, 2.75) is 31.6 Å². The minimum Gasteiger partial charge on any atom is -0.381 e. The number of nitrogens with zero attached hydrogens (tertiary/aromatic N) is 1. The Labute approximate surface area is 101 Å². The molecule has 88 valence electrons. The molecule has 0 saturated heterocycles. The summed E-state index contributed by atoms with van der Waals surface area (Å²) >= 11 is 0. The highest BCUT2D eigenvalue weighted by atomic mass is 16.5. The highest BCUT2D eigenvalue weighted by Crippen LogP contribution is 2.34. The van der Waals surface area contributed by atoms with Crippen molar-refractivity contribution < 1.29 is 4.52 Å². The average molecular weight is 228 g/mol. The summed E-state index contributed by atoms with van der Waals surface area (Å²) < 4.78 is 5.14. The average Bonchev–Trinajstić information content (AvgIpc) is 3.00. The highest BCUT2D eigenvalue weighted by Gasteiger charge is 2.16. The molecule has 1 aliphatic rings. The van der Waals surface area contributed by atoms with Crippen LogP contribution < -0.4 is 5.73 Å². The lowest BCUT2D eigenvalue weighted by atomic mass is 9.96. The molecule has 3 heteroatoms. The van der Waals surface area contributed by atoms with Gasteiger partial charge < -0.3 is 10.3 Å². The van der Waals surface area contributed by atoms with Crippen LogP contribution in [0.5, 0.6) is 0 Å². The Kier molecular flexibility index (Phi) is 2.59. The SMILES string of the molecule is Nc1cc(-c2ccc(C3CCCC3)cc2)on1. The van der Waals surface area contributed by atoms with Gasteiger partial charge in [-0.25, -0.2) is 0 Å². The fourth-order valence-corrected chi connectivity index (χ4v) is 2.60. The van der Waals surface area contributed by atoms with Gasteiger partial charge >= 0.3 is 0 Å². The van der Waals surface area contributed by atoms with E-state index in [0.717, 1.165) is 17.2 Å². The zero-order valence-electron chi connectivity index (χ0n) is 9.73. The molecule has 2 N–H and O–H groups in total. The standard InChI is InChI=1S/C14H16N2O/c15-14-9-13(17-16-14)12-7-5-11(6-8-12)10-3-1-2-4-10/h5-10H,1-4H2,(H2,15,16). The molecule has 0 bridgehead atoms. The summed E-state index contributed by atoms with van der Waals surface area (Å²) in [5.41, 5.74) is 8.02. The first-order valence-corrected chi connectivity index (χ1v) is 6.15. The normalized spacial score (nSPS) is 16.5. The van der Waals surface area contributed by atoms with Crippen LogP contribution in [0.3, 0.4) is 0 Å². The number of nitrogens with two attached hydrogens (primary N) is 1. The second-order valence-corrected chi connectivity index (χ2v) is 4.72. The molecule has 1 aromatic heterocycles. The first-order chi connectivity index (χ1) is 8.33. The largest absolute Gasteiger partial charge is 0.381 e. The van der Waals surface area contributed by atoms with Gasteiger partial charge in [0.05, 0.1) is 0 Å². The maximum atomic E-state index is 5.54. The van der Waals surface area contributed by atoms with Gasteiger partial charge in [-0.15, -0.1) is 0 Å². The van der Waals surface area contributed by atoms with E-state index < -0.39 is 0 Å². The van der Waals surface area contributed by atoms with Crippen LogP contribution in [-0.2, 0) is 0 Å². The summed E-state index contributed by atoms with van der Waals surface area (Å²) in [4.78, 5) is 0. The van der Waals surface area contributed by atoms with Gasteiger partial charge in [0.15, 0.2) is 11.6 Å². The molecule has 0 aliphatic heterocycles. The fraction of sp³-hybridized carbons (Fsp3) is 0.357. The van der Waals surface area contributed by atoms with Crippen LogP contribution in [0.25, 0.3) is 11.3 Å². The molecule has 3 rings (SSSR count). The van der Waals surface area contributed by atoms with Gasteiger partial charge in [-0.2, -0.15) is 0 Å². The summed E-state index contributed by atoms with van der Waals surface area (Å²) in [6, 6.07) is 10.3. The van der Waals surface area contributed by atoms with Crippen molar-refractivity contribution in [2.75, 3.05) is 5.73 Å². The van der Waals surface area contributed by atoms with Crippen LogP contribution in [0.2, 0.25) is 0 Å². The van der Waals surface area contributed by atoms with Crippen LogP contribution >= 0.6 is 0 Å². The van der Waals surface area contributed by atoms with Gasteiger partial charge in [0.2, 0.25) is 0 Å². The minimum atomic E-state index is 0.430. The van der Waals surface area contributed by atoms with Gasteiger partial charge in [0.1, 0.15) is 0 Å². The minimum absolute atomic E-state index is 0.430. The van der Waals surface area contributed by atoms with E-state index in [2.05, 4.69) is 29.4 Å². The molecule has 1 aromatic carbocycles. The lowest BCUT2D eigenvalue weighted by molar-refractivity contribution is 0.436. The van der Waals surface area contributed by atoms with Crippen LogP contribution in [0.4, 0.5) is 5.82 Å². The van der Waals surface area contributed by atoms with Crippen molar-refractivity contribution >= 4 is 5.82 Å². The summed E-state index contributed by atoms with van der Waals surface area (Å²) in [6.45, 7) is 0. The first-order valence-electron chi connectivity index (χ1n) is 6.15. The Morgan fingerprint density at radius 2 is 1.82 bits per heavy atom. The predicted octanol–water partition coefficient (Wildman–Crippen LogP) is 3.58. The number of aromatic nitrogens is 1. The third kappa shape index (κ3) is 2.05. The van der Waals surface area contributed by atoms with E-state index in [9.17, 15) is 0 Å². The van der Waals surface area contributed by atoms with Crippen LogP contribution in [-0.4, -0.2) is 5.16 Å². The molecule has 0 amide bonds. The van der Waals surface area contributed by atoms with Crippen LogP contribution in [0.15, 0.2) is 34.9 Å². The fourth-order valence-electron chi connectivity index (χ4n) is 2.60. The lowest BCUT2D eigenvalue weighted by Gasteiger charge is -2.09. The summed E-state index contributed by atoms with van der Waals surface area (Å²) in [6.07, 6.45) is 5.39. The Morgan fingerprint density at radius 3 is 2.41 bits per heavy atom. The second kappa shape index (κ2) is 4.24. The third-order valence-corrected chi connectivity index (χ3v) is 3.55. The quantitative estimate of drug-likeness (QED) is 0.854. The zero-order valence-corrected chi connectivity index (χ0v) is 9.73. The van der Waals surface area contributed by atoms with Crippen molar-refractivity contribution in [3.63, 3.8) is 0 Å². The number of nitrogen functional groups attached to an aromatic ring is 1. The molecule has 2 aromatic rings. The Morgan fingerprint density at radius 1 is 1.12 bits per heavy atom. The topological polar surface area (TPSA) is 52.0 Å². The summed E-state index contributed by atoms with van der Waals surface area (Å²) in [7, 11) is 0. The van der Waals surface area contributed by atoms with E-state index in [-0.39, 0.29) is 0 Å². The molecule has 17 heavy (non-hydrogen) atoms. The molecule has 0 atom stereocenters. The van der Waals surface area contributed by atoms with Crippen molar-refractivity contribution in [1.29, 1.82) is 0 Å². The third-order valence-electron chi connectivity index (χ3n) is 3.55.